The molecule has 0 saturated heterocycles. The summed E-state index contributed by atoms with van der Waals surface area (Å²) in [5, 5.41) is 6.37. The topological polar surface area (TPSA) is 71.1 Å². The minimum atomic E-state index is 0.266. The van der Waals surface area contributed by atoms with Crippen molar-refractivity contribution < 1.29 is 23.7 Å². The fourth-order valence-electron chi connectivity index (χ4n) is 2.97. The molecule has 5 rings (SSSR count). The lowest BCUT2D eigenvalue weighted by atomic mass is 10.2. The summed E-state index contributed by atoms with van der Waals surface area (Å²) >= 11 is 1.62. The van der Waals surface area contributed by atoms with Crippen molar-refractivity contribution >= 4 is 11.3 Å². The van der Waals surface area contributed by atoms with Crippen molar-refractivity contribution in [3.05, 3.63) is 47.5 Å². The molecule has 0 radical (unpaired) electrons. The number of rotatable bonds is 7. The Morgan fingerprint density at radius 2 is 1.68 bits per heavy atom. The normalized spacial score (nSPS) is 13.7. The van der Waals surface area contributed by atoms with Gasteiger partial charge in [-0.15, -0.1) is 11.3 Å². The van der Waals surface area contributed by atoms with Crippen molar-refractivity contribution in [1.82, 2.24) is 10.3 Å². The van der Waals surface area contributed by atoms with Crippen molar-refractivity contribution in [3.63, 3.8) is 0 Å². The Bertz CT molecular complexity index is 990. The lowest BCUT2D eigenvalue weighted by Crippen LogP contribution is -2.20. The van der Waals surface area contributed by atoms with E-state index in [1.807, 2.05) is 36.4 Å². The molecule has 0 unspecified atom stereocenters. The van der Waals surface area contributed by atoms with E-state index < -0.39 is 0 Å². The molecule has 0 fully saturated rings. The number of thiazole rings is 1. The molecular formula is C20H18N2O5S. The van der Waals surface area contributed by atoms with Crippen LogP contribution < -0.4 is 29.0 Å². The number of ether oxygens (including phenoxy) is 5. The summed E-state index contributed by atoms with van der Waals surface area (Å²) in [7, 11) is 0. The first-order valence-electron chi connectivity index (χ1n) is 8.93. The van der Waals surface area contributed by atoms with Crippen LogP contribution in [0, 0.1) is 0 Å². The van der Waals surface area contributed by atoms with Crippen LogP contribution in [0.3, 0.4) is 0 Å². The monoisotopic (exact) mass is 398 g/mol. The van der Waals surface area contributed by atoms with Gasteiger partial charge < -0.3 is 29.0 Å². The summed E-state index contributed by atoms with van der Waals surface area (Å²) in [5.74, 6) is 3.80. The molecular weight excluding hydrogens is 380 g/mol. The molecule has 7 nitrogen and oxygen atoms in total. The summed E-state index contributed by atoms with van der Waals surface area (Å²) in [6.07, 6.45) is 0. The molecule has 0 amide bonds. The highest BCUT2D eigenvalue weighted by molar-refractivity contribution is 7.13. The zero-order valence-corrected chi connectivity index (χ0v) is 15.8. The van der Waals surface area contributed by atoms with Crippen molar-refractivity contribution in [2.24, 2.45) is 0 Å². The predicted octanol–water partition coefficient (Wildman–Crippen LogP) is 3.44. The minimum absolute atomic E-state index is 0.266. The number of nitrogens with one attached hydrogen (secondary N) is 1. The second-order valence-corrected chi connectivity index (χ2v) is 7.11. The highest BCUT2D eigenvalue weighted by Crippen LogP contribution is 2.37. The summed E-state index contributed by atoms with van der Waals surface area (Å²) in [6.45, 7) is 2.50. The van der Waals surface area contributed by atoms with Gasteiger partial charge in [0.25, 0.3) is 0 Å². The van der Waals surface area contributed by atoms with Gasteiger partial charge >= 0.3 is 0 Å². The van der Waals surface area contributed by atoms with E-state index in [0.717, 1.165) is 45.0 Å². The molecule has 28 heavy (non-hydrogen) atoms. The average molecular weight is 398 g/mol. The van der Waals surface area contributed by atoms with Gasteiger partial charge in [-0.05, 0) is 30.3 Å². The average Bonchev–Trinajstić information content (AvgIpc) is 3.46. The summed E-state index contributed by atoms with van der Waals surface area (Å²) in [6, 6.07) is 11.5. The Morgan fingerprint density at radius 3 is 2.54 bits per heavy atom. The number of benzene rings is 2. The fourth-order valence-corrected chi connectivity index (χ4v) is 3.79. The van der Waals surface area contributed by atoms with Gasteiger partial charge in [0.2, 0.25) is 13.6 Å². The number of hydrogen-bond donors (Lipinski definition) is 1. The van der Waals surface area contributed by atoms with Gasteiger partial charge in [0.05, 0.1) is 5.69 Å². The van der Waals surface area contributed by atoms with Crippen LogP contribution >= 0.6 is 11.3 Å². The van der Waals surface area contributed by atoms with Gasteiger partial charge in [0.15, 0.2) is 23.0 Å². The van der Waals surface area contributed by atoms with Gasteiger partial charge in [-0.1, -0.05) is 0 Å². The molecule has 0 spiro atoms. The van der Waals surface area contributed by atoms with Gasteiger partial charge in [-0.3, -0.25) is 0 Å². The zero-order valence-electron chi connectivity index (χ0n) is 15.0. The van der Waals surface area contributed by atoms with Crippen LogP contribution in [0.25, 0.3) is 10.6 Å². The lowest BCUT2D eigenvalue weighted by Gasteiger charge is -2.07. The van der Waals surface area contributed by atoms with E-state index in [2.05, 4.69) is 15.7 Å². The first-order valence-corrected chi connectivity index (χ1v) is 9.81. The van der Waals surface area contributed by atoms with Gasteiger partial charge in [0, 0.05) is 30.1 Å². The maximum atomic E-state index is 5.74. The van der Waals surface area contributed by atoms with Crippen LogP contribution in [0.1, 0.15) is 5.69 Å². The second-order valence-electron chi connectivity index (χ2n) is 6.25. The van der Waals surface area contributed by atoms with E-state index in [9.17, 15) is 0 Å². The maximum Gasteiger partial charge on any atom is 0.231 e. The zero-order chi connectivity index (χ0) is 18.8. The van der Waals surface area contributed by atoms with Crippen LogP contribution in [0.15, 0.2) is 41.8 Å². The number of aromatic nitrogens is 1. The standard InChI is InChI=1S/C20H18N2O5S/c1-3-16-18(26-11-24-16)7-13(1)20-22-14(10-28-20)9-21-5-6-23-15-2-4-17-19(8-15)27-12-25-17/h1-4,7-8,10,21H,5-6,9,11-12H2. The summed E-state index contributed by atoms with van der Waals surface area (Å²) in [5.41, 5.74) is 2.03. The highest BCUT2D eigenvalue weighted by atomic mass is 32.1. The van der Waals surface area contributed by atoms with Crippen molar-refractivity contribution in [2.75, 3.05) is 26.7 Å². The highest BCUT2D eigenvalue weighted by Gasteiger charge is 2.15. The fraction of sp³-hybridized carbons (Fsp3) is 0.250. The lowest BCUT2D eigenvalue weighted by molar-refractivity contribution is 0.173. The Morgan fingerprint density at radius 1 is 0.929 bits per heavy atom. The Labute approximate surface area is 165 Å². The molecule has 3 heterocycles. The van der Waals surface area contributed by atoms with Crippen molar-refractivity contribution in [1.29, 1.82) is 0 Å². The minimum Gasteiger partial charge on any atom is -0.492 e. The molecule has 2 aliphatic rings. The third-order valence-electron chi connectivity index (χ3n) is 4.37. The van der Waals surface area contributed by atoms with Crippen LogP contribution in [0.4, 0.5) is 0 Å². The molecule has 0 bridgehead atoms. The maximum absolute atomic E-state index is 5.74. The molecule has 2 aromatic carbocycles. The SMILES string of the molecule is c1cc2c(cc1OCCNCc1csc(-c3ccc4c(c3)OCO4)n1)OCO2. The van der Waals surface area contributed by atoms with E-state index >= 15 is 0 Å². The Kier molecular flexibility index (Phi) is 4.64. The third-order valence-corrected chi connectivity index (χ3v) is 5.31. The molecule has 1 N–H and O–H groups in total. The first kappa shape index (κ1) is 17.2. The predicted molar refractivity (Wildman–Crippen MR) is 103 cm³/mol. The smallest absolute Gasteiger partial charge is 0.231 e. The van der Waals surface area contributed by atoms with Crippen molar-refractivity contribution in [2.45, 2.75) is 6.54 Å². The summed E-state index contributed by atoms with van der Waals surface area (Å²) in [4.78, 5) is 4.69. The number of fused-ring (bicyclic) bond motifs is 2. The van der Waals surface area contributed by atoms with E-state index in [1.54, 1.807) is 11.3 Å². The Balaban J connectivity index is 1.10. The molecule has 8 heteroatoms. The van der Waals surface area contributed by atoms with Crippen molar-refractivity contribution in [3.8, 4) is 39.3 Å². The largest absolute Gasteiger partial charge is 0.492 e. The van der Waals surface area contributed by atoms with Crippen LogP contribution in [-0.2, 0) is 6.54 Å². The summed E-state index contributed by atoms with van der Waals surface area (Å²) < 4.78 is 27.2. The first-order chi connectivity index (χ1) is 13.8. The molecule has 0 aliphatic carbocycles. The van der Waals surface area contributed by atoms with E-state index in [0.29, 0.717) is 19.7 Å². The van der Waals surface area contributed by atoms with E-state index in [4.69, 9.17) is 23.7 Å². The van der Waals surface area contributed by atoms with E-state index in [1.165, 1.54) is 0 Å². The van der Waals surface area contributed by atoms with Crippen LogP contribution in [0.2, 0.25) is 0 Å². The third kappa shape index (κ3) is 3.56. The molecule has 0 saturated carbocycles. The van der Waals surface area contributed by atoms with Crippen LogP contribution in [-0.4, -0.2) is 31.7 Å². The van der Waals surface area contributed by atoms with Crippen LogP contribution in [0.5, 0.6) is 28.7 Å². The molecule has 1 aromatic heterocycles. The second kappa shape index (κ2) is 7.57. The molecule has 3 aromatic rings. The molecule has 0 atom stereocenters. The molecule has 2 aliphatic heterocycles. The van der Waals surface area contributed by atoms with Gasteiger partial charge in [-0.2, -0.15) is 0 Å². The van der Waals surface area contributed by atoms with Gasteiger partial charge in [0.1, 0.15) is 17.4 Å². The quantitative estimate of drug-likeness (QED) is 0.611. The molecule has 144 valence electrons. The Hall–Kier alpha value is -2.97. The van der Waals surface area contributed by atoms with Gasteiger partial charge in [-0.25, -0.2) is 4.98 Å². The van der Waals surface area contributed by atoms with E-state index in [-0.39, 0.29) is 13.6 Å². The number of nitrogens with zero attached hydrogens (tertiary/aromatic N) is 1. The number of hydrogen-bond acceptors (Lipinski definition) is 8.